The standard InChI is InChI=1S/C15H22N4S.C2H4O2/c1-10(2)13-9-20-15(18-13)14-17-6-7-19(14)12-5-3-4-11(16)8-12;1-2(3)4/h6-7,9-12H,3-5,8,16H2,1-2H3;1H3,(H,3,4)/t11-,12-;/m1./s1. The van der Waals surface area contributed by atoms with Gasteiger partial charge in [0.2, 0.25) is 0 Å². The molecule has 2 aromatic heterocycles. The fourth-order valence-electron chi connectivity index (χ4n) is 2.88. The van der Waals surface area contributed by atoms with Crippen LogP contribution in [0.4, 0.5) is 0 Å². The Kier molecular flexibility index (Phi) is 6.51. The number of nitrogens with zero attached hydrogens (tertiary/aromatic N) is 3. The van der Waals surface area contributed by atoms with Crippen LogP contribution in [0.1, 0.15) is 64.1 Å². The van der Waals surface area contributed by atoms with Crippen molar-refractivity contribution in [3.8, 4) is 10.8 Å². The zero-order valence-corrected chi connectivity index (χ0v) is 15.3. The Bertz CT molecular complexity index is 661. The number of hydrogen-bond donors (Lipinski definition) is 2. The van der Waals surface area contributed by atoms with Crippen LogP contribution in [-0.4, -0.2) is 31.7 Å². The Labute approximate surface area is 146 Å². The molecular formula is C17H26N4O2S. The van der Waals surface area contributed by atoms with E-state index in [4.69, 9.17) is 20.6 Å². The van der Waals surface area contributed by atoms with Crippen molar-refractivity contribution in [2.45, 2.75) is 64.5 Å². The molecule has 0 unspecified atom stereocenters. The number of carbonyl (C=O) groups is 1. The molecule has 6 nitrogen and oxygen atoms in total. The van der Waals surface area contributed by atoms with Gasteiger partial charge < -0.3 is 15.4 Å². The highest BCUT2D eigenvalue weighted by Crippen LogP contribution is 2.33. The lowest BCUT2D eigenvalue weighted by atomic mass is 9.91. The molecule has 3 N–H and O–H groups in total. The minimum Gasteiger partial charge on any atom is -0.481 e. The molecule has 0 saturated heterocycles. The third-order valence-electron chi connectivity index (χ3n) is 4.05. The van der Waals surface area contributed by atoms with Gasteiger partial charge in [0, 0.05) is 36.8 Å². The first-order chi connectivity index (χ1) is 11.4. The van der Waals surface area contributed by atoms with Gasteiger partial charge in [0.1, 0.15) is 0 Å². The van der Waals surface area contributed by atoms with Crippen LogP contribution in [0, 0.1) is 0 Å². The maximum Gasteiger partial charge on any atom is 0.300 e. The summed E-state index contributed by atoms with van der Waals surface area (Å²) in [4.78, 5) is 18.3. The third-order valence-corrected chi connectivity index (χ3v) is 4.91. The second kappa shape index (κ2) is 8.39. The summed E-state index contributed by atoms with van der Waals surface area (Å²) in [5.74, 6) is 0.632. The summed E-state index contributed by atoms with van der Waals surface area (Å²) in [5.41, 5.74) is 7.27. The summed E-state index contributed by atoms with van der Waals surface area (Å²) in [5, 5.41) is 10.6. The summed E-state index contributed by atoms with van der Waals surface area (Å²) in [6, 6.07) is 0.800. The number of aliphatic carboxylic acids is 1. The van der Waals surface area contributed by atoms with Crippen LogP contribution in [0.25, 0.3) is 10.8 Å². The molecule has 1 fully saturated rings. The molecule has 0 bridgehead atoms. The average Bonchev–Trinajstić information content (AvgIpc) is 3.15. The molecule has 1 saturated carbocycles. The van der Waals surface area contributed by atoms with E-state index >= 15 is 0 Å². The van der Waals surface area contributed by atoms with Gasteiger partial charge in [-0.1, -0.05) is 13.8 Å². The molecule has 0 amide bonds. The lowest BCUT2D eigenvalue weighted by Gasteiger charge is -2.28. The van der Waals surface area contributed by atoms with Gasteiger partial charge >= 0.3 is 0 Å². The highest BCUT2D eigenvalue weighted by Gasteiger charge is 2.23. The topological polar surface area (TPSA) is 94.0 Å². The highest BCUT2D eigenvalue weighted by molar-refractivity contribution is 7.13. The van der Waals surface area contributed by atoms with Crippen molar-refractivity contribution in [3.63, 3.8) is 0 Å². The van der Waals surface area contributed by atoms with Crippen LogP contribution in [0.2, 0.25) is 0 Å². The first-order valence-electron chi connectivity index (χ1n) is 8.32. The van der Waals surface area contributed by atoms with E-state index in [9.17, 15) is 0 Å². The number of carboxylic acids is 1. The van der Waals surface area contributed by atoms with Crippen LogP contribution < -0.4 is 5.73 Å². The fraction of sp³-hybridized carbons (Fsp3) is 0.588. The second-order valence-electron chi connectivity index (χ2n) is 6.49. The molecule has 2 atom stereocenters. The van der Waals surface area contributed by atoms with E-state index in [1.807, 2.05) is 6.20 Å². The predicted molar refractivity (Wildman–Crippen MR) is 96.2 cm³/mol. The maximum atomic E-state index is 9.00. The summed E-state index contributed by atoms with van der Waals surface area (Å²) in [6.07, 6.45) is 8.56. The number of nitrogens with two attached hydrogens (primary N) is 1. The van der Waals surface area contributed by atoms with Gasteiger partial charge in [-0.3, -0.25) is 4.79 Å². The molecule has 1 aliphatic carbocycles. The van der Waals surface area contributed by atoms with Crippen LogP contribution in [0.5, 0.6) is 0 Å². The van der Waals surface area contributed by atoms with Gasteiger partial charge in [0.05, 0.1) is 5.69 Å². The van der Waals surface area contributed by atoms with Crippen molar-refractivity contribution in [2.75, 3.05) is 0 Å². The zero-order valence-electron chi connectivity index (χ0n) is 14.5. The van der Waals surface area contributed by atoms with Crippen LogP contribution in [0.15, 0.2) is 17.8 Å². The van der Waals surface area contributed by atoms with Gasteiger partial charge in [0.15, 0.2) is 10.8 Å². The first-order valence-corrected chi connectivity index (χ1v) is 9.20. The third kappa shape index (κ3) is 4.88. The molecule has 24 heavy (non-hydrogen) atoms. The maximum absolute atomic E-state index is 9.00. The highest BCUT2D eigenvalue weighted by atomic mass is 32.1. The molecule has 2 heterocycles. The molecule has 1 aliphatic rings. The second-order valence-corrected chi connectivity index (χ2v) is 7.35. The van der Waals surface area contributed by atoms with E-state index in [0.29, 0.717) is 18.0 Å². The molecule has 3 rings (SSSR count). The van der Waals surface area contributed by atoms with Crippen LogP contribution >= 0.6 is 11.3 Å². The van der Waals surface area contributed by atoms with Gasteiger partial charge in [-0.05, 0) is 31.6 Å². The van der Waals surface area contributed by atoms with E-state index in [1.165, 1.54) is 12.8 Å². The number of thiazole rings is 1. The predicted octanol–water partition coefficient (Wildman–Crippen LogP) is 3.66. The van der Waals surface area contributed by atoms with Gasteiger partial charge in [-0.25, -0.2) is 9.97 Å². The zero-order chi connectivity index (χ0) is 17.7. The number of rotatable bonds is 3. The Morgan fingerprint density at radius 1 is 1.46 bits per heavy atom. The van der Waals surface area contributed by atoms with Gasteiger partial charge in [0.25, 0.3) is 5.97 Å². The Morgan fingerprint density at radius 2 is 2.17 bits per heavy atom. The van der Waals surface area contributed by atoms with Crippen molar-refractivity contribution in [1.82, 2.24) is 14.5 Å². The van der Waals surface area contributed by atoms with Gasteiger partial charge in [-0.15, -0.1) is 11.3 Å². The first kappa shape index (κ1) is 18.6. The number of imidazole rings is 1. The molecule has 0 aliphatic heterocycles. The van der Waals surface area contributed by atoms with E-state index in [-0.39, 0.29) is 0 Å². The molecule has 7 heteroatoms. The normalized spacial score (nSPS) is 20.5. The van der Waals surface area contributed by atoms with Crippen molar-refractivity contribution < 1.29 is 9.90 Å². The fourth-order valence-corrected chi connectivity index (χ4v) is 3.86. The lowest BCUT2D eigenvalue weighted by molar-refractivity contribution is -0.134. The van der Waals surface area contributed by atoms with Gasteiger partial charge in [-0.2, -0.15) is 0 Å². The molecular weight excluding hydrogens is 324 g/mol. The van der Waals surface area contributed by atoms with Crippen LogP contribution in [-0.2, 0) is 4.79 Å². The molecule has 0 aromatic carbocycles. The van der Waals surface area contributed by atoms with E-state index < -0.39 is 5.97 Å². The number of aromatic nitrogens is 3. The van der Waals surface area contributed by atoms with Crippen molar-refractivity contribution >= 4 is 17.3 Å². The SMILES string of the molecule is CC(=O)O.CC(C)c1csc(-c2nccn2[C@@H]2CCC[C@@H](N)C2)n1. The molecule has 0 radical (unpaired) electrons. The molecule has 2 aromatic rings. The number of hydrogen-bond acceptors (Lipinski definition) is 5. The van der Waals surface area contributed by atoms with Crippen molar-refractivity contribution in [2.24, 2.45) is 5.73 Å². The summed E-state index contributed by atoms with van der Waals surface area (Å²) >= 11 is 1.69. The smallest absolute Gasteiger partial charge is 0.300 e. The Morgan fingerprint density at radius 3 is 2.75 bits per heavy atom. The largest absolute Gasteiger partial charge is 0.481 e. The van der Waals surface area contributed by atoms with E-state index in [0.717, 1.165) is 36.3 Å². The monoisotopic (exact) mass is 350 g/mol. The average molecular weight is 350 g/mol. The summed E-state index contributed by atoms with van der Waals surface area (Å²) < 4.78 is 2.28. The quantitative estimate of drug-likeness (QED) is 0.881. The molecule has 0 spiro atoms. The minimum absolute atomic E-state index is 0.325. The Hall–Kier alpha value is -1.73. The molecule has 132 valence electrons. The van der Waals surface area contributed by atoms with E-state index in [1.54, 1.807) is 11.3 Å². The summed E-state index contributed by atoms with van der Waals surface area (Å²) in [6.45, 7) is 5.43. The number of carboxylic acid groups (broad SMARTS) is 1. The van der Waals surface area contributed by atoms with Crippen molar-refractivity contribution in [1.29, 1.82) is 0 Å². The van der Waals surface area contributed by atoms with Crippen LogP contribution in [0.3, 0.4) is 0 Å². The lowest BCUT2D eigenvalue weighted by Crippen LogP contribution is -2.29. The summed E-state index contributed by atoms with van der Waals surface area (Å²) in [7, 11) is 0. The Balaban J connectivity index is 0.000000471. The van der Waals surface area contributed by atoms with Crippen molar-refractivity contribution in [3.05, 3.63) is 23.5 Å². The minimum atomic E-state index is -0.833. The van der Waals surface area contributed by atoms with E-state index in [2.05, 4.69) is 35.0 Å².